The Hall–Kier alpha value is -2.83. The van der Waals surface area contributed by atoms with Crippen LogP contribution in [0, 0.1) is 0 Å². The highest BCUT2D eigenvalue weighted by atomic mass is 16.5. The number of hydrogen-bond acceptors (Lipinski definition) is 6. The van der Waals surface area contributed by atoms with Crippen molar-refractivity contribution in [3.8, 4) is 11.8 Å². The molecule has 138 valence electrons. The molecule has 0 bridgehead atoms. The first-order valence-electron chi connectivity index (χ1n) is 8.67. The summed E-state index contributed by atoms with van der Waals surface area (Å²) in [7, 11) is 5.45. The number of nitrogens with zero attached hydrogens (tertiary/aromatic N) is 4. The molecule has 1 fully saturated rings. The molecule has 1 atom stereocenters. The predicted molar refractivity (Wildman–Crippen MR) is 98.9 cm³/mol. The standard InChI is InChI=1S/C19H24N4O3/c1-22(2)15-7-4-6-14(12-15)19(24)23-11-5-8-16(13-23)26-18-17(25-3)20-9-10-21-18/h4,6-7,9-10,12,16H,5,8,11,13H2,1-3H3. The van der Waals surface area contributed by atoms with Crippen molar-refractivity contribution in [3.63, 3.8) is 0 Å². The molecule has 1 amide bonds. The fourth-order valence-electron chi connectivity index (χ4n) is 3.01. The van der Waals surface area contributed by atoms with Gasteiger partial charge in [0.25, 0.3) is 17.7 Å². The Morgan fingerprint density at radius 3 is 2.73 bits per heavy atom. The predicted octanol–water partition coefficient (Wildman–Crippen LogP) is 2.23. The van der Waals surface area contributed by atoms with Crippen LogP contribution < -0.4 is 14.4 Å². The van der Waals surface area contributed by atoms with E-state index in [0.717, 1.165) is 25.1 Å². The summed E-state index contributed by atoms with van der Waals surface area (Å²) in [6, 6.07) is 7.66. The number of methoxy groups -OCH3 is 1. The molecule has 2 aromatic rings. The Morgan fingerprint density at radius 2 is 2.00 bits per heavy atom. The Kier molecular flexibility index (Phi) is 5.55. The van der Waals surface area contributed by atoms with Crippen molar-refractivity contribution in [2.75, 3.05) is 39.2 Å². The van der Waals surface area contributed by atoms with Crippen LogP contribution in [0.4, 0.5) is 5.69 Å². The van der Waals surface area contributed by atoms with Gasteiger partial charge in [-0.05, 0) is 31.0 Å². The molecule has 3 rings (SSSR count). The lowest BCUT2D eigenvalue weighted by atomic mass is 10.1. The highest BCUT2D eigenvalue weighted by Crippen LogP contribution is 2.24. The first-order valence-corrected chi connectivity index (χ1v) is 8.67. The van der Waals surface area contributed by atoms with Crippen LogP contribution in [0.2, 0.25) is 0 Å². The smallest absolute Gasteiger partial charge is 0.278 e. The summed E-state index contributed by atoms with van der Waals surface area (Å²) in [5, 5.41) is 0. The molecule has 7 nitrogen and oxygen atoms in total. The van der Waals surface area contributed by atoms with Gasteiger partial charge in [0.1, 0.15) is 6.10 Å². The van der Waals surface area contributed by atoms with E-state index < -0.39 is 0 Å². The minimum absolute atomic E-state index is 0.0214. The molecule has 26 heavy (non-hydrogen) atoms. The summed E-state index contributed by atoms with van der Waals surface area (Å²) in [5.41, 5.74) is 1.69. The third-order valence-electron chi connectivity index (χ3n) is 4.38. The quantitative estimate of drug-likeness (QED) is 0.818. The molecule has 1 aromatic heterocycles. The van der Waals surface area contributed by atoms with Crippen molar-refractivity contribution in [3.05, 3.63) is 42.2 Å². The van der Waals surface area contributed by atoms with Crippen LogP contribution in [-0.2, 0) is 0 Å². The third kappa shape index (κ3) is 4.04. The van der Waals surface area contributed by atoms with E-state index in [0.29, 0.717) is 23.9 Å². The van der Waals surface area contributed by atoms with Crippen LogP contribution in [0.25, 0.3) is 0 Å². The normalized spacial score (nSPS) is 16.9. The number of carbonyl (C=O) groups is 1. The van der Waals surface area contributed by atoms with E-state index >= 15 is 0 Å². The lowest BCUT2D eigenvalue weighted by Gasteiger charge is -2.33. The molecule has 0 saturated carbocycles. The molecule has 1 aromatic carbocycles. The van der Waals surface area contributed by atoms with Crippen LogP contribution in [-0.4, -0.2) is 61.2 Å². The fourth-order valence-corrected chi connectivity index (χ4v) is 3.01. The van der Waals surface area contributed by atoms with Gasteiger partial charge in [0, 0.05) is 44.3 Å². The second-order valence-corrected chi connectivity index (χ2v) is 6.45. The van der Waals surface area contributed by atoms with Gasteiger partial charge in [-0.1, -0.05) is 6.07 Å². The summed E-state index contributed by atoms with van der Waals surface area (Å²) in [6.07, 6.45) is 4.74. The van der Waals surface area contributed by atoms with Gasteiger partial charge in [-0.3, -0.25) is 4.79 Å². The molecule has 1 aliphatic heterocycles. The van der Waals surface area contributed by atoms with Crippen molar-refractivity contribution >= 4 is 11.6 Å². The summed E-state index contributed by atoms with van der Waals surface area (Å²) in [5.74, 6) is 0.742. The van der Waals surface area contributed by atoms with Crippen molar-refractivity contribution in [1.29, 1.82) is 0 Å². The first-order chi connectivity index (χ1) is 12.6. The molecule has 1 saturated heterocycles. The minimum atomic E-state index is -0.129. The number of anilines is 1. The minimum Gasteiger partial charge on any atom is -0.477 e. The van der Waals surface area contributed by atoms with Crippen LogP contribution in [0.1, 0.15) is 23.2 Å². The molecule has 0 N–H and O–H groups in total. The molecule has 1 unspecified atom stereocenters. The number of benzene rings is 1. The molecule has 0 spiro atoms. The zero-order chi connectivity index (χ0) is 18.5. The van der Waals surface area contributed by atoms with E-state index in [1.54, 1.807) is 12.4 Å². The van der Waals surface area contributed by atoms with Gasteiger partial charge in [0.2, 0.25) is 0 Å². The average molecular weight is 356 g/mol. The van der Waals surface area contributed by atoms with E-state index in [2.05, 4.69) is 9.97 Å². The highest BCUT2D eigenvalue weighted by Gasteiger charge is 2.27. The molecular weight excluding hydrogens is 332 g/mol. The molecule has 1 aliphatic rings. The van der Waals surface area contributed by atoms with Gasteiger partial charge >= 0.3 is 0 Å². The average Bonchev–Trinajstić information content (AvgIpc) is 2.68. The number of rotatable bonds is 5. The first kappa shape index (κ1) is 18.0. The zero-order valence-electron chi connectivity index (χ0n) is 15.4. The maximum Gasteiger partial charge on any atom is 0.278 e. The number of amides is 1. The maximum absolute atomic E-state index is 12.9. The van der Waals surface area contributed by atoms with Gasteiger partial charge in [0.15, 0.2) is 0 Å². The van der Waals surface area contributed by atoms with Crippen molar-refractivity contribution in [1.82, 2.24) is 14.9 Å². The summed E-state index contributed by atoms with van der Waals surface area (Å²) in [4.78, 5) is 25.0. The Labute approximate surface area is 153 Å². The van der Waals surface area contributed by atoms with E-state index in [1.807, 2.05) is 48.2 Å². The Balaban J connectivity index is 1.70. The van der Waals surface area contributed by atoms with Crippen LogP contribution in [0.3, 0.4) is 0 Å². The third-order valence-corrected chi connectivity index (χ3v) is 4.38. The monoisotopic (exact) mass is 356 g/mol. The second kappa shape index (κ2) is 8.03. The SMILES string of the molecule is COc1nccnc1OC1CCCN(C(=O)c2cccc(N(C)C)c2)C1. The molecule has 7 heteroatoms. The lowest BCUT2D eigenvalue weighted by molar-refractivity contribution is 0.0519. The number of piperidine rings is 1. The topological polar surface area (TPSA) is 67.8 Å². The van der Waals surface area contributed by atoms with Crippen molar-refractivity contribution < 1.29 is 14.3 Å². The lowest BCUT2D eigenvalue weighted by Crippen LogP contribution is -2.44. The van der Waals surface area contributed by atoms with Crippen LogP contribution in [0.15, 0.2) is 36.7 Å². The molecule has 0 radical (unpaired) electrons. The summed E-state index contributed by atoms with van der Waals surface area (Å²) in [6.45, 7) is 1.24. The number of ether oxygens (including phenoxy) is 2. The maximum atomic E-state index is 12.9. The van der Waals surface area contributed by atoms with E-state index in [-0.39, 0.29) is 12.0 Å². The molecule has 2 heterocycles. The Bertz CT molecular complexity index is 766. The van der Waals surface area contributed by atoms with Gasteiger partial charge in [-0.2, -0.15) is 0 Å². The summed E-state index contributed by atoms with van der Waals surface area (Å²) < 4.78 is 11.1. The van der Waals surface area contributed by atoms with Crippen molar-refractivity contribution in [2.24, 2.45) is 0 Å². The van der Waals surface area contributed by atoms with E-state index in [1.165, 1.54) is 7.11 Å². The van der Waals surface area contributed by atoms with Gasteiger partial charge < -0.3 is 19.3 Å². The number of hydrogen-bond donors (Lipinski definition) is 0. The number of aromatic nitrogens is 2. The zero-order valence-corrected chi connectivity index (χ0v) is 15.4. The fraction of sp³-hybridized carbons (Fsp3) is 0.421. The number of likely N-dealkylation sites (tertiary alicyclic amines) is 1. The van der Waals surface area contributed by atoms with Gasteiger partial charge in [-0.25, -0.2) is 9.97 Å². The number of carbonyl (C=O) groups excluding carboxylic acids is 1. The summed E-state index contributed by atoms with van der Waals surface area (Å²) >= 11 is 0. The van der Waals surface area contributed by atoms with E-state index in [4.69, 9.17) is 9.47 Å². The molecule has 0 aliphatic carbocycles. The van der Waals surface area contributed by atoms with Gasteiger partial charge in [-0.15, -0.1) is 0 Å². The van der Waals surface area contributed by atoms with Crippen LogP contribution >= 0.6 is 0 Å². The van der Waals surface area contributed by atoms with E-state index in [9.17, 15) is 4.79 Å². The van der Waals surface area contributed by atoms with Crippen LogP contribution in [0.5, 0.6) is 11.8 Å². The Morgan fingerprint density at radius 1 is 1.23 bits per heavy atom. The van der Waals surface area contributed by atoms with Crippen molar-refractivity contribution in [2.45, 2.75) is 18.9 Å². The highest BCUT2D eigenvalue weighted by molar-refractivity contribution is 5.95. The molecular formula is C19H24N4O3. The van der Waals surface area contributed by atoms with Gasteiger partial charge in [0.05, 0.1) is 13.7 Å². The largest absolute Gasteiger partial charge is 0.477 e. The second-order valence-electron chi connectivity index (χ2n) is 6.45.